The number of rotatable bonds is 9. The molecule has 10 heteroatoms. The van der Waals surface area contributed by atoms with Crippen molar-refractivity contribution in [3.8, 4) is 11.5 Å². The molecule has 0 aromatic heterocycles. The number of hydrogen-bond donors (Lipinski definition) is 0. The van der Waals surface area contributed by atoms with Crippen molar-refractivity contribution in [2.45, 2.75) is 18.4 Å². The lowest BCUT2D eigenvalue weighted by Gasteiger charge is -2.23. The van der Waals surface area contributed by atoms with E-state index in [-0.39, 0.29) is 34.1 Å². The number of hydrogen-bond acceptors (Lipinski definition) is 7. The maximum atomic E-state index is 13.4. The van der Waals surface area contributed by atoms with Crippen LogP contribution in [0.4, 0.5) is 4.39 Å². The largest absolute Gasteiger partial charge is 0.468 e. The third-order valence-corrected chi connectivity index (χ3v) is 6.89. The molecule has 0 aliphatic rings. The highest BCUT2D eigenvalue weighted by Crippen LogP contribution is 2.30. The first-order valence-electron chi connectivity index (χ1n) is 10.4. The lowest BCUT2D eigenvalue weighted by Crippen LogP contribution is -2.36. The van der Waals surface area contributed by atoms with Crippen LogP contribution in [0.5, 0.6) is 11.5 Å². The number of nitrogens with zero attached hydrogens (tertiary/aromatic N) is 1. The Morgan fingerprint density at radius 1 is 0.914 bits per heavy atom. The van der Waals surface area contributed by atoms with E-state index in [9.17, 15) is 22.4 Å². The van der Waals surface area contributed by atoms with Gasteiger partial charge in [-0.25, -0.2) is 17.6 Å². The van der Waals surface area contributed by atoms with E-state index in [2.05, 4.69) is 4.74 Å². The van der Waals surface area contributed by atoms with E-state index in [1.165, 1.54) is 55.6 Å². The molecular weight excluding hydrogens is 477 g/mol. The Hall–Kier alpha value is -3.76. The van der Waals surface area contributed by atoms with Crippen molar-refractivity contribution in [1.29, 1.82) is 0 Å². The molecule has 0 heterocycles. The molecule has 0 bridgehead atoms. The maximum Gasteiger partial charge on any atom is 0.342 e. The molecule has 0 spiro atoms. The van der Waals surface area contributed by atoms with E-state index in [1.54, 1.807) is 18.2 Å². The van der Waals surface area contributed by atoms with Crippen LogP contribution in [0, 0.1) is 12.7 Å². The fourth-order valence-electron chi connectivity index (χ4n) is 3.24. The minimum absolute atomic E-state index is 0.0228. The van der Waals surface area contributed by atoms with Crippen LogP contribution in [-0.4, -0.2) is 45.4 Å². The summed E-state index contributed by atoms with van der Waals surface area (Å²) in [7, 11) is -1.82. The number of esters is 2. The van der Waals surface area contributed by atoms with Crippen molar-refractivity contribution < 1.29 is 36.6 Å². The number of halogens is 1. The molecule has 35 heavy (non-hydrogen) atoms. The fraction of sp³-hybridized carbons (Fsp3) is 0.200. The van der Waals surface area contributed by atoms with Gasteiger partial charge < -0.3 is 14.2 Å². The predicted molar refractivity (Wildman–Crippen MR) is 125 cm³/mol. The smallest absolute Gasteiger partial charge is 0.342 e. The molecule has 3 aromatic rings. The zero-order valence-corrected chi connectivity index (χ0v) is 20.2. The summed E-state index contributed by atoms with van der Waals surface area (Å²) in [4.78, 5) is 24.8. The molecule has 0 N–H and O–H groups in total. The summed E-state index contributed by atoms with van der Waals surface area (Å²) >= 11 is 0. The molecule has 3 rings (SSSR count). The van der Waals surface area contributed by atoms with Crippen LogP contribution in [-0.2, 0) is 30.8 Å². The minimum atomic E-state index is -4.15. The molecule has 0 amide bonds. The van der Waals surface area contributed by atoms with Gasteiger partial charge in [-0.05, 0) is 55.0 Å². The zero-order valence-electron chi connectivity index (χ0n) is 19.4. The van der Waals surface area contributed by atoms with E-state index in [1.807, 2.05) is 6.92 Å². The lowest BCUT2D eigenvalue weighted by molar-refractivity contribution is -0.140. The van der Waals surface area contributed by atoms with E-state index < -0.39 is 34.3 Å². The highest BCUT2D eigenvalue weighted by atomic mass is 32.2. The Morgan fingerprint density at radius 3 is 2.17 bits per heavy atom. The lowest BCUT2D eigenvalue weighted by atomic mass is 10.1. The van der Waals surface area contributed by atoms with Crippen LogP contribution in [0.2, 0.25) is 0 Å². The molecular formula is C25H24FNO7S. The molecule has 8 nitrogen and oxygen atoms in total. The van der Waals surface area contributed by atoms with Gasteiger partial charge in [-0.2, -0.15) is 4.31 Å². The molecule has 0 unspecified atom stereocenters. The molecule has 0 saturated carbocycles. The molecule has 0 aliphatic heterocycles. The quantitative estimate of drug-likeness (QED) is 0.408. The molecule has 184 valence electrons. The number of methoxy groups -OCH3 is 2. The summed E-state index contributed by atoms with van der Waals surface area (Å²) < 4.78 is 56.3. The Kier molecular flexibility index (Phi) is 8.21. The molecule has 0 fully saturated rings. The minimum Gasteiger partial charge on any atom is -0.468 e. The Balaban J connectivity index is 2.05. The van der Waals surface area contributed by atoms with Crippen LogP contribution in [0.15, 0.2) is 71.6 Å². The number of carbonyl (C=O) groups excluding carboxylic acids is 2. The summed E-state index contributed by atoms with van der Waals surface area (Å²) in [6.45, 7) is 0.880. The first-order chi connectivity index (χ1) is 16.6. The molecule has 0 atom stereocenters. The van der Waals surface area contributed by atoms with Gasteiger partial charge in [0.1, 0.15) is 29.4 Å². The van der Waals surface area contributed by atoms with Crippen molar-refractivity contribution in [2.75, 3.05) is 20.8 Å². The van der Waals surface area contributed by atoms with Gasteiger partial charge in [-0.15, -0.1) is 0 Å². The first-order valence-corrected chi connectivity index (χ1v) is 11.9. The van der Waals surface area contributed by atoms with Crippen molar-refractivity contribution in [3.05, 3.63) is 89.2 Å². The molecule has 3 aromatic carbocycles. The summed E-state index contributed by atoms with van der Waals surface area (Å²) in [5.74, 6) is -1.68. The van der Waals surface area contributed by atoms with Gasteiger partial charge in [0.15, 0.2) is 0 Å². The van der Waals surface area contributed by atoms with E-state index in [4.69, 9.17) is 9.47 Å². The second kappa shape index (κ2) is 11.1. The molecule has 0 aliphatic carbocycles. The third kappa shape index (κ3) is 6.23. The van der Waals surface area contributed by atoms with Crippen molar-refractivity contribution in [1.82, 2.24) is 4.31 Å². The number of aryl methyl sites for hydroxylation is 1. The van der Waals surface area contributed by atoms with Crippen LogP contribution >= 0.6 is 0 Å². The molecule has 0 saturated heterocycles. The van der Waals surface area contributed by atoms with Gasteiger partial charge in [0.2, 0.25) is 10.0 Å². The normalized spacial score (nSPS) is 11.2. The van der Waals surface area contributed by atoms with Gasteiger partial charge in [0.25, 0.3) is 0 Å². The topological polar surface area (TPSA) is 99.2 Å². The van der Waals surface area contributed by atoms with Crippen LogP contribution in [0.25, 0.3) is 0 Å². The monoisotopic (exact) mass is 501 g/mol. The average molecular weight is 502 g/mol. The second-order valence-electron chi connectivity index (χ2n) is 7.50. The average Bonchev–Trinajstić information content (AvgIpc) is 2.85. The van der Waals surface area contributed by atoms with Crippen molar-refractivity contribution >= 4 is 22.0 Å². The van der Waals surface area contributed by atoms with E-state index >= 15 is 0 Å². The van der Waals surface area contributed by atoms with Gasteiger partial charge in [-0.1, -0.05) is 29.8 Å². The first kappa shape index (κ1) is 25.9. The van der Waals surface area contributed by atoms with Crippen LogP contribution in [0.1, 0.15) is 21.5 Å². The number of benzene rings is 3. The van der Waals surface area contributed by atoms with Gasteiger partial charge in [-0.3, -0.25) is 4.79 Å². The fourth-order valence-corrected chi connectivity index (χ4v) is 4.60. The van der Waals surface area contributed by atoms with Crippen LogP contribution in [0.3, 0.4) is 0 Å². The maximum absolute atomic E-state index is 13.4. The summed E-state index contributed by atoms with van der Waals surface area (Å²) in [5.41, 5.74) is 1.06. The highest BCUT2D eigenvalue weighted by Gasteiger charge is 2.30. The van der Waals surface area contributed by atoms with Crippen molar-refractivity contribution in [3.63, 3.8) is 0 Å². The Bertz CT molecular complexity index is 1310. The molecule has 0 radical (unpaired) electrons. The van der Waals surface area contributed by atoms with Gasteiger partial charge in [0, 0.05) is 6.54 Å². The Morgan fingerprint density at radius 2 is 1.57 bits per heavy atom. The third-order valence-electron chi connectivity index (χ3n) is 5.08. The number of sulfonamides is 1. The summed E-state index contributed by atoms with van der Waals surface area (Å²) in [6, 6.07) is 15.9. The highest BCUT2D eigenvalue weighted by molar-refractivity contribution is 7.89. The van der Waals surface area contributed by atoms with Crippen molar-refractivity contribution in [2.24, 2.45) is 0 Å². The zero-order chi connectivity index (χ0) is 25.6. The summed E-state index contributed by atoms with van der Waals surface area (Å²) in [6.07, 6.45) is 0. The van der Waals surface area contributed by atoms with Gasteiger partial charge in [0.05, 0.1) is 19.1 Å². The SMILES string of the molecule is COC(=O)CN(Cc1cccc(Oc2ccc(F)cc2)c1C(=O)OC)S(=O)(=O)c1ccc(C)cc1. The van der Waals surface area contributed by atoms with E-state index in [0.29, 0.717) is 0 Å². The Labute approximate surface area is 202 Å². The predicted octanol–water partition coefficient (Wildman–Crippen LogP) is 4.08. The van der Waals surface area contributed by atoms with Crippen LogP contribution < -0.4 is 4.74 Å². The van der Waals surface area contributed by atoms with Gasteiger partial charge >= 0.3 is 11.9 Å². The number of ether oxygens (including phenoxy) is 3. The second-order valence-corrected chi connectivity index (χ2v) is 9.44. The van der Waals surface area contributed by atoms with E-state index in [0.717, 1.165) is 17.0 Å². The number of carbonyl (C=O) groups is 2. The summed E-state index contributed by atoms with van der Waals surface area (Å²) in [5, 5.41) is 0. The standard InChI is InChI=1S/C25H24FNO7S/c1-17-7-13-21(14-8-17)35(30,31)27(16-23(28)32-2)15-18-5-4-6-22(24(18)25(29)33-3)34-20-11-9-19(26)10-12-20/h4-14H,15-16H2,1-3H3.